The highest BCUT2D eigenvalue weighted by Gasteiger charge is 2.18. The van der Waals surface area contributed by atoms with Gasteiger partial charge in [0, 0.05) is 18.0 Å². The van der Waals surface area contributed by atoms with Crippen molar-refractivity contribution in [2.45, 2.75) is 25.4 Å². The number of amides is 2. The summed E-state index contributed by atoms with van der Waals surface area (Å²) in [5, 5.41) is 15.2. The molecule has 1 heterocycles. The lowest BCUT2D eigenvalue weighted by atomic mass is 9.93. The van der Waals surface area contributed by atoms with Gasteiger partial charge >= 0.3 is 0 Å². The molecule has 2 aromatic rings. The fourth-order valence-corrected chi connectivity index (χ4v) is 3.07. The van der Waals surface area contributed by atoms with Crippen LogP contribution in [0.3, 0.4) is 0 Å². The molecule has 0 radical (unpaired) electrons. The Hall–Kier alpha value is -3.06. The third kappa shape index (κ3) is 5.23. The number of benzene rings is 2. The Balaban J connectivity index is 1.49. The smallest absolute Gasteiger partial charge is 0.251 e. The van der Waals surface area contributed by atoms with Crippen molar-refractivity contribution >= 4 is 11.8 Å². The summed E-state index contributed by atoms with van der Waals surface area (Å²) in [6.07, 6.45) is 0.0567. The molecular weight excluding hydrogens is 360 g/mol. The normalized spacial score (nSPS) is 14.2. The minimum atomic E-state index is -0.479. The van der Waals surface area contributed by atoms with Crippen molar-refractivity contribution in [3.8, 4) is 11.5 Å². The highest BCUT2D eigenvalue weighted by atomic mass is 16.7. The standard InChI is InChI=1S/C21H24N2O5/c1-14(24)9-17(15-5-3-2-4-6-15)11-22-20(25)12-23-21(26)16-7-8-18-19(10-16)28-13-27-18/h2-8,10,14,17,24H,9,11-13H2,1H3,(H,22,25)(H,23,26)/t14-,17+/m0/s1. The molecule has 2 amide bonds. The third-order valence-corrected chi connectivity index (χ3v) is 4.49. The third-order valence-electron chi connectivity index (χ3n) is 4.49. The molecule has 3 N–H and O–H groups in total. The van der Waals surface area contributed by atoms with Gasteiger partial charge in [-0.1, -0.05) is 30.3 Å². The number of aliphatic hydroxyl groups is 1. The summed E-state index contributed by atoms with van der Waals surface area (Å²) >= 11 is 0. The first kappa shape index (κ1) is 19.7. The maximum atomic E-state index is 12.2. The van der Waals surface area contributed by atoms with Crippen LogP contribution in [0.15, 0.2) is 48.5 Å². The Kier molecular flexibility index (Phi) is 6.49. The van der Waals surface area contributed by atoms with Crippen LogP contribution in [-0.2, 0) is 4.79 Å². The monoisotopic (exact) mass is 384 g/mol. The van der Waals surface area contributed by atoms with Crippen molar-refractivity contribution in [1.82, 2.24) is 10.6 Å². The van der Waals surface area contributed by atoms with E-state index in [1.165, 1.54) is 0 Å². The maximum absolute atomic E-state index is 12.2. The second-order valence-electron chi connectivity index (χ2n) is 6.75. The Labute approximate surface area is 163 Å². The number of rotatable bonds is 8. The number of fused-ring (bicyclic) bond motifs is 1. The molecule has 0 saturated carbocycles. The van der Waals surface area contributed by atoms with E-state index in [9.17, 15) is 14.7 Å². The van der Waals surface area contributed by atoms with Crippen LogP contribution < -0.4 is 20.1 Å². The molecule has 0 unspecified atom stereocenters. The number of nitrogens with one attached hydrogen (secondary N) is 2. The van der Waals surface area contributed by atoms with Gasteiger partial charge in [0.1, 0.15) is 0 Å². The number of aliphatic hydroxyl groups excluding tert-OH is 1. The zero-order chi connectivity index (χ0) is 19.9. The molecular formula is C21H24N2O5. The molecule has 1 aliphatic rings. The van der Waals surface area contributed by atoms with Crippen molar-refractivity contribution in [3.05, 3.63) is 59.7 Å². The van der Waals surface area contributed by atoms with E-state index in [-0.39, 0.29) is 31.1 Å². The first-order valence-electron chi connectivity index (χ1n) is 9.20. The molecule has 7 nitrogen and oxygen atoms in total. The average Bonchev–Trinajstić information content (AvgIpc) is 3.17. The van der Waals surface area contributed by atoms with Gasteiger partial charge in [-0.05, 0) is 37.1 Å². The minimum absolute atomic E-state index is 0.00490. The first-order chi connectivity index (χ1) is 13.5. The van der Waals surface area contributed by atoms with E-state index < -0.39 is 6.10 Å². The van der Waals surface area contributed by atoms with Crippen molar-refractivity contribution < 1.29 is 24.2 Å². The van der Waals surface area contributed by atoms with E-state index in [1.54, 1.807) is 25.1 Å². The predicted octanol–water partition coefficient (Wildman–Crippen LogP) is 1.82. The van der Waals surface area contributed by atoms with Crippen LogP contribution in [-0.4, -0.2) is 42.9 Å². The first-order valence-corrected chi connectivity index (χ1v) is 9.20. The zero-order valence-electron chi connectivity index (χ0n) is 15.7. The van der Waals surface area contributed by atoms with Crippen LogP contribution in [0, 0.1) is 0 Å². The van der Waals surface area contributed by atoms with Crippen LogP contribution in [0.5, 0.6) is 11.5 Å². The number of carbonyl (C=O) groups is 2. The molecule has 28 heavy (non-hydrogen) atoms. The Morgan fingerprint density at radius 1 is 1.07 bits per heavy atom. The van der Waals surface area contributed by atoms with E-state index in [0.29, 0.717) is 30.0 Å². The van der Waals surface area contributed by atoms with Gasteiger partial charge in [0.15, 0.2) is 11.5 Å². The van der Waals surface area contributed by atoms with E-state index >= 15 is 0 Å². The molecule has 2 aromatic carbocycles. The lowest BCUT2D eigenvalue weighted by Crippen LogP contribution is -2.38. The number of hydrogen-bond donors (Lipinski definition) is 3. The van der Waals surface area contributed by atoms with Crippen molar-refractivity contribution in [3.63, 3.8) is 0 Å². The van der Waals surface area contributed by atoms with E-state index in [2.05, 4.69) is 10.6 Å². The summed E-state index contributed by atoms with van der Waals surface area (Å²) in [6.45, 7) is 2.11. The molecule has 7 heteroatoms. The Morgan fingerprint density at radius 3 is 2.57 bits per heavy atom. The Morgan fingerprint density at radius 2 is 1.82 bits per heavy atom. The lowest BCUT2D eigenvalue weighted by molar-refractivity contribution is -0.120. The Bertz CT molecular complexity index is 823. The molecule has 2 atom stereocenters. The van der Waals surface area contributed by atoms with Gasteiger partial charge in [-0.3, -0.25) is 9.59 Å². The van der Waals surface area contributed by atoms with Crippen molar-refractivity contribution in [2.75, 3.05) is 19.9 Å². The van der Waals surface area contributed by atoms with Gasteiger partial charge in [0.25, 0.3) is 5.91 Å². The minimum Gasteiger partial charge on any atom is -0.454 e. The van der Waals surface area contributed by atoms with Gasteiger partial charge < -0.3 is 25.2 Å². The van der Waals surface area contributed by atoms with E-state index in [0.717, 1.165) is 5.56 Å². The molecule has 0 fully saturated rings. The van der Waals surface area contributed by atoms with Crippen LogP contribution >= 0.6 is 0 Å². The SMILES string of the molecule is C[C@H](O)C[C@H](CNC(=O)CNC(=O)c1ccc2c(c1)OCO2)c1ccccc1. The van der Waals surface area contributed by atoms with Crippen LogP contribution in [0.25, 0.3) is 0 Å². The van der Waals surface area contributed by atoms with Crippen LogP contribution in [0.1, 0.15) is 35.2 Å². The number of carbonyl (C=O) groups excluding carboxylic acids is 2. The molecule has 0 saturated heterocycles. The molecule has 0 spiro atoms. The summed E-state index contributed by atoms with van der Waals surface area (Å²) in [6, 6.07) is 14.6. The molecule has 0 bridgehead atoms. The molecule has 148 valence electrons. The molecule has 1 aliphatic heterocycles. The summed E-state index contributed by atoms with van der Waals surface area (Å²) in [5.74, 6) is 0.452. The quantitative estimate of drug-likeness (QED) is 0.645. The van der Waals surface area contributed by atoms with Crippen molar-refractivity contribution in [2.24, 2.45) is 0 Å². The van der Waals surface area contributed by atoms with Crippen LogP contribution in [0.2, 0.25) is 0 Å². The molecule has 0 aromatic heterocycles. The van der Waals surface area contributed by atoms with Crippen LogP contribution in [0.4, 0.5) is 0 Å². The topological polar surface area (TPSA) is 96.9 Å². The van der Waals surface area contributed by atoms with Gasteiger partial charge in [-0.25, -0.2) is 0 Å². The summed E-state index contributed by atoms with van der Waals surface area (Å²) in [7, 11) is 0. The highest BCUT2D eigenvalue weighted by Crippen LogP contribution is 2.32. The fraction of sp³-hybridized carbons (Fsp3) is 0.333. The van der Waals surface area contributed by atoms with Crippen molar-refractivity contribution in [1.29, 1.82) is 0 Å². The largest absolute Gasteiger partial charge is 0.454 e. The maximum Gasteiger partial charge on any atom is 0.251 e. The van der Waals surface area contributed by atoms with Gasteiger partial charge in [-0.15, -0.1) is 0 Å². The summed E-state index contributed by atoms with van der Waals surface area (Å²) in [4.78, 5) is 24.4. The average molecular weight is 384 g/mol. The second kappa shape index (κ2) is 9.23. The second-order valence-corrected chi connectivity index (χ2v) is 6.75. The fourth-order valence-electron chi connectivity index (χ4n) is 3.07. The van der Waals surface area contributed by atoms with E-state index in [4.69, 9.17) is 9.47 Å². The van der Waals surface area contributed by atoms with Gasteiger partial charge in [0.2, 0.25) is 12.7 Å². The number of ether oxygens (including phenoxy) is 2. The zero-order valence-corrected chi connectivity index (χ0v) is 15.7. The van der Waals surface area contributed by atoms with Gasteiger partial charge in [-0.2, -0.15) is 0 Å². The molecule has 3 rings (SSSR count). The van der Waals surface area contributed by atoms with E-state index in [1.807, 2.05) is 30.3 Å². The predicted molar refractivity (Wildman–Crippen MR) is 103 cm³/mol. The number of hydrogen-bond acceptors (Lipinski definition) is 5. The summed E-state index contributed by atoms with van der Waals surface area (Å²) < 4.78 is 10.5. The molecule has 0 aliphatic carbocycles. The highest BCUT2D eigenvalue weighted by molar-refractivity contribution is 5.97. The van der Waals surface area contributed by atoms with Gasteiger partial charge in [0.05, 0.1) is 12.6 Å². The summed E-state index contributed by atoms with van der Waals surface area (Å²) in [5.41, 5.74) is 1.45. The lowest BCUT2D eigenvalue weighted by Gasteiger charge is -2.19.